The van der Waals surface area contributed by atoms with E-state index in [1.807, 2.05) is 11.3 Å². The van der Waals surface area contributed by atoms with Crippen LogP contribution in [-0.2, 0) is 0 Å². The van der Waals surface area contributed by atoms with E-state index in [1.54, 1.807) is 0 Å². The summed E-state index contributed by atoms with van der Waals surface area (Å²) in [5.74, 6) is 6.30. The first-order valence-electron chi connectivity index (χ1n) is 4.33. The van der Waals surface area contributed by atoms with Crippen LogP contribution >= 0.6 is 11.3 Å². The van der Waals surface area contributed by atoms with Crippen LogP contribution < -0.4 is 11.3 Å². The molecule has 1 atom stereocenters. The van der Waals surface area contributed by atoms with Gasteiger partial charge in [-0.05, 0) is 37.8 Å². The molecule has 1 unspecified atom stereocenters. The SMILES string of the molecule is Cc1ccc(C(NN)C2CC2)s1. The molecule has 1 heterocycles. The standard InChI is InChI=1S/C9H14N2S/c1-6-2-5-8(12-6)9(11-10)7-3-4-7/h2,5,7,9,11H,3-4,10H2,1H3. The third kappa shape index (κ3) is 1.53. The van der Waals surface area contributed by atoms with Crippen LogP contribution in [0.25, 0.3) is 0 Å². The third-order valence-electron chi connectivity index (χ3n) is 2.34. The minimum atomic E-state index is 0.406. The molecule has 0 saturated heterocycles. The van der Waals surface area contributed by atoms with Gasteiger partial charge in [0.15, 0.2) is 0 Å². The quantitative estimate of drug-likeness (QED) is 0.554. The molecule has 2 nitrogen and oxygen atoms in total. The van der Waals surface area contributed by atoms with Crippen molar-refractivity contribution >= 4 is 11.3 Å². The Balaban J connectivity index is 2.15. The highest BCUT2D eigenvalue weighted by molar-refractivity contribution is 7.12. The number of thiophene rings is 1. The van der Waals surface area contributed by atoms with Gasteiger partial charge in [0.2, 0.25) is 0 Å². The molecule has 0 radical (unpaired) electrons. The third-order valence-corrected chi connectivity index (χ3v) is 3.42. The average Bonchev–Trinajstić information content (AvgIpc) is 2.78. The topological polar surface area (TPSA) is 38.0 Å². The average molecular weight is 182 g/mol. The molecule has 1 saturated carbocycles. The Morgan fingerprint density at radius 1 is 1.58 bits per heavy atom. The first-order valence-corrected chi connectivity index (χ1v) is 5.15. The lowest BCUT2D eigenvalue weighted by molar-refractivity contribution is 0.504. The van der Waals surface area contributed by atoms with E-state index in [-0.39, 0.29) is 0 Å². The molecule has 3 N–H and O–H groups in total. The molecule has 0 amide bonds. The summed E-state index contributed by atoms with van der Waals surface area (Å²) in [7, 11) is 0. The zero-order chi connectivity index (χ0) is 8.55. The normalized spacial score (nSPS) is 19.5. The fraction of sp³-hybridized carbons (Fsp3) is 0.556. The molecule has 2 rings (SSSR count). The van der Waals surface area contributed by atoms with Crippen molar-refractivity contribution in [2.24, 2.45) is 11.8 Å². The van der Waals surface area contributed by atoms with E-state index in [1.165, 1.54) is 22.6 Å². The zero-order valence-corrected chi connectivity index (χ0v) is 8.03. The second kappa shape index (κ2) is 3.17. The second-order valence-electron chi connectivity index (χ2n) is 3.43. The molecule has 0 bridgehead atoms. The number of hydrogen-bond donors (Lipinski definition) is 2. The molecule has 1 aromatic heterocycles. The summed E-state index contributed by atoms with van der Waals surface area (Å²) in [4.78, 5) is 2.75. The zero-order valence-electron chi connectivity index (χ0n) is 7.21. The van der Waals surface area contributed by atoms with Crippen LogP contribution in [0.4, 0.5) is 0 Å². The van der Waals surface area contributed by atoms with Gasteiger partial charge in [-0.15, -0.1) is 11.3 Å². The number of rotatable bonds is 3. The first kappa shape index (κ1) is 8.23. The number of nitrogens with one attached hydrogen (secondary N) is 1. The van der Waals surface area contributed by atoms with E-state index in [9.17, 15) is 0 Å². The smallest absolute Gasteiger partial charge is 0.0581 e. The maximum Gasteiger partial charge on any atom is 0.0581 e. The summed E-state index contributed by atoms with van der Waals surface area (Å²) < 4.78 is 0. The summed E-state index contributed by atoms with van der Waals surface area (Å²) >= 11 is 1.85. The van der Waals surface area contributed by atoms with Gasteiger partial charge in [-0.1, -0.05) is 0 Å². The van der Waals surface area contributed by atoms with E-state index in [0.29, 0.717) is 6.04 Å². The fourth-order valence-corrected chi connectivity index (χ4v) is 2.53. The number of nitrogens with two attached hydrogens (primary N) is 1. The van der Waals surface area contributed by atoms with Crippen molar-refractivity contribution in [3.8, 4) is 0 Å². The fourth-order valence-electron chi connectivity index (χ4n) is 1.50. The van der Waals surface area contributed by atoms with Gasteiger partial charge < -0.3 is 0 Å². The van der Waals surface area contributed by atoms with Gasteiger partial charge in [0.25, 0.3) is 0 Å². The largest absolute Gasteiger partial charge is 0.271 e. The van der Waals surface area contributed by atoms with Crippen molar-refractivity contribution in [3.05, 3.63) is 21.9 Å². The summed E-state index contributed by atoms with van der Waals surface area (Å²) in [6.07, 6.45) is 2.65. The summed E-state index contributed by atoms with van der Waals surface area (Å²) in [6, 6.07) is 4.75. The Hall–Kier alpha value is -0.380. The van der Waals surface area contributed by atoms with E-state index in [2.05, 4.69) is 24.5 Å². The molecule has 1 fully saturated rings. The van der Waals surface area contributed by atoms with Gasteiger partial charge >= 0.3 is 0 Å². The van der Waals surface area contributed by atoms with Gasteiger partial charge in [-0.3, -0.25) is 11.3 Å². The van der Waals surface area contributed by atoms with Crippen LogP contribution in [0.5, 0.6) is 0 Å². The molecule has 1 aliphatic rings. The summed E-state index contributed by atoms with van der Waals surface area (Å²) in [6.45, 7) is 2.13. The van der Waals surface area contributed by atoms with Crippen LogP contribution in [0.1, 0.15) is 28.6 Å². The molecule has 1 aromatic rings. The van der Waals surface area contributed by atoms with Crippen molar-refractivity contribution in [1.82, 2.24) is 5.43 Å². The highest BCUT2D eigenvalue weighted by Gasteiger charge is 2.32. The molecule has 66 valence electrons. The Morgan fingerprint density at radius 3 is 2.75 bits per heavy atom. The first-order chi connectivity index (χ1) is 5.81. The van der Waals surface area contributed by atoms with E-state index >= 15 is 0 Å². The van der Waals surface area contributed by atoms with Crippen molar-refractivity contribution in [3.63, 3.8) is 0 Å². The molecular formula is C9H14N2S. The van der Waals surface area contributed by atoms with Gasteiger partial charge in [-0.2, -0.15) is 0 Å². The molecule has 0 spiro atoms. The molecule has 12 heavy (non-hydrogen) atoms. The summed E-state index contributed by atoms with van der Waals surface area (Å²) in [5, 5.41) is 0. The molecule has 3 heteroatoms. The van der Waals surface area contributed by atoms with Crippen molar-refractivity contribution in [1.29, 1.82) is 0 Å². The monoisotopic (exact) mass is 182 g/mol. The van der Waals surface area contributed by atoms with Gasteiger partial charge in [0.1, 0.15) is 0 Å². The highest BCUT2D eigenvalue weighted by Crippen LogP contribution is 2.42. The van der Waals surface area contributed by atoms with Crippen molar-refractivity contribution in [2.75, 3.05) is 0 Å². The minimum absolute atomic E-state index is 0.406. The Labute approximate surface area is 76.8 Å². The Morgan fingerprint density at radius 2 is 2.33 bits per heavy atom. The lowest BCUT2D eigenvalue weighted by Crippen LogP contribution is -2.28. The van der Waals surface area contributed by atoms with Crippen LogP contribution in [0.3, 0.4) is 0 Å². The predicted molar refractivity (Wildman–Crippen MR) is 51.8 cm³/mol. The lowest BCUT2D eigenvalue weighted by atomic mass is 10.1. The molecular weight excluding hydrogens is 168 g/mol. The van der Waals surface area contributed by atoms with Gasteiger partial charge in [0, 0.05) is 9.75 Å². The van der Waals surface area contributed by atoms with Crippen molar-refractivity contribution in [2.45, 2.75) is 25.8 Å². The van der Waals surface area contributed by atoms with E-state index in [4.69, 9.17) is 5.84 Å². The van der Waals surface area contributed by atoms with Crippen LogP contribution in [0, 0.1) is 12.8 Å². The Bertz CT molecular complexity index is 265. The molecule has 1 aliphatic carbocycles. The minimum Gasteiger partial charge on any atom is -0.271 e. The predicted octanol–water partition coefficient (Wildman–Crippen LogP) is 1.97. The van der Waals surface area contributed by atoms with Gasteiger partial charge in [0.05, 0.1) is 6.04 Å². The highest BCUT2D eigenvalue weighted by atomic mass is 32.1. The van der Waals surface area contributed by atoms with Crippen LogP contribution in [0.15, 0.2) is 12.1 Å². The molecule has 0 aromatic carbocycles. The van der Waals surface area contributed by atoms with Crippen LogP contribution in [-0.4, -0.2) is 0 Å². The van der Waals surface area contributed by atoms with Crippen LogP contribution in [0.2, 0.25) is 0 Å². The number of aryl methyl sites for hydroxylation is 1. The van der Waals surface area contributed by atoms with E-state index in [0.717, 1.165) is 5.92 Å². The van der Waals surface area contributed by atoms with E-state index < -0.39 is 0 Å². The number of hydrogen-bond acceptors (Lipinski definition) is 3. The second-order valence-corrected chi connectivity index (χ2v) is 4.75. The Kier molecular flexibility index (Phi) is 2.17. The maximum atomic E-state index is 5.51. The maximum absolute atomic E-state index is 5.51. The number of hydrazine groups is 1. The van der Waals surface area contributed by atoms with Crippen molar-refractivity contribution < 1.29 is 0 Å². The molecule has 0 aliphatic heterocycles. The lowest BCUT2D eigenvalue weighted by Gasteiger charge is -2.11. The van der Waals surface area contributed by atoms with Gasteiger partial charge in [-0.25, -0.2) is 0 Å². The summed E-state index contributed by atoms with van der Waals surface area (Å²) in [5.41, 5.74) is 2.90.